The predicted octanol–water partition coefficient (Wildman–Crippen LogP) is 3.31. The van der Waals surface area contributed by atoms with E-state index in [0.717, 1.165) is 18.0 Å². The Labute approximate surface area is 103 Å². The summed E-state index contributed by atoms with van der Waals surface area (Å²) >= 11 is 0. The number of hydrogen-bond acceptors (Lipinski definition) is 2. The molecule has 0 bridgehead atoms. The molecule has 0 aliphatic heterocycles. The fourth-order valence-electron chi connectivity index (χ4n) is 2.94. The zero-order chi connectivity index (χ0) is 12.3. The Kier molecular flexibility index (Phi) is 4.11. The first-order chi connectivity index (χ1) is 8.22. The molecule has 2 rings (SSSR count). The van der Waals surface area contributed by atoms with Crippen LogP contribution >= 0.6 is 0 Å². The van der Waals surface area contributed by atoms with Crippen molar-refractivity contribution in [3.8, 4) is 0 Å². The molecule has 94 valence electrons. The van der Waals surface area contributed by atoms with E-state index in [1.807, 2.05) is 6.07 Å². The third-order valence-corrected chi connectivity index (χ3v) is 3.77. The molecule has 1 aromatic rings. The molecule has 1 aromatic heterocycles. The van der Waals surface area contributed by atoms with E-state index in [9.17, 15) is 4.39 Å². The summed E-state index contributed by atoms with van der Waals surface area (Å²) in [6, 6.07) is 1.96. The van der Waals surface area contributed by atoms with Gasteiger partial charge in [-0.05, 0) is 37.3 Å². The van der Waals surface area contributed by atoms with Gasteiger partial charge in [0.15, 0.2) is 0 Å². The van der Waals surface area contributed by atoms with Crippen LogP contribution in [-0.4, -0.2) is 11.5 Å². The van der Waals surface area contributed by atoms with Crippen molar-refractivity contribution in [2.24, 2.45) is 11.8 Å². The van der Waals surface area contributed by atoms with Gasteiger partial charge in [0.25, 0.3) is 0 Å². The molecule has 0 aromatic carbocycles. The second-order valence-corrected chi connectivity index (χ2v) is 5.11. The minimum atomic E-state index is -0.182. The van der Waals surface area contributed by atoms with Crippen LogP contribution in [-0.2, 0) is 0 Å². The van der Waals surface area contributed by atoms with Gasteiger partial charge in [0, 0.05) is 17.8 Å². The molecule has 1 saturated carbocycles. The predicted molar refractivity (Wildman–Crippen MR) is 67.1 cm³/mol. The molecule has 0 spiro atoms. The van der Waals surface area contributed by atoms with E-state index in [1.54, 1.807) is 6.20 Å². The van der Waals surface area contributed by atoms with Crippen molar-refractivity contribution < 1.29 is 4.39 Å². The normalized spacial score (nSPS) is 26.1. The van der Waals surface area contributed by atoms with Crippen LogP contribution in [0.15, 0.2) is 18.5 Å². The molecule has 3 heteroatoms. The molecule has 0 radical (unpaired) electrons. The van der Waals surface area contributed by atoms with Crippen molar-refractivity contribution in [3.05, 3.63) is 29.8 Å². The monoisotopic (exact) mass is 236 g/mol. The van der Waals surface area contributed by atoms with Crippen LogP contribution in [0, 0.1) is 17.7 Å². The Morgan fingerprint density at radius 3 is 2.94 bits per heavy atom. The van der Waals surface area contributed by atoms with Gasteiger partial charge in [-0.25, -0.2) is 4.39 Å². The number of hydrogen-bond donors (Lipinski definition) is 1. The highest BCUT2D eigenvalue weighted by atomic mass is 19.1. The maximum atomic E-state index is 13.8. The molecule has 1 aliphatic rings. The summed E-state index contributed by atoms with van der Waals surface area (Å²) in [5.74, 6) is 1.14. The van der Waals surface area contributed by atoms with E-state index in [4.69, 9.17) is 0 Å². The van der Waals surface area contributed by atoms with Gasteiger partial charge in [-0.15, -0.1) is 0 Å². The number of nitrogens with one attached hydrogen (secondary N) is 1. The fourth-order valence-corrected chi connectivity index (χ4v) is 2.94. The zero-order valence-corrected chi connectivity index (χ0v) is 10.6. The SMILES string of the molecule is CCNC(c1ccncc1F)C1CCC(C)C1. The lowest BCUT2D eigenvalue weighted by atomic mass is 9.91. The molecule has 3 atom stereocenters. The summed E-state index contributed by atoms with van der Waals surface area (Å²) in [6.07, 6.45) is 6.65. The quantitative estimate of drug-likeness (QED) is 0.867. The Bertz CT molecular complexity index is 367. The second-order valence-electron chi connectivity index (χ2n) is 5.11. The van der Waals surface area contributed by atoms with E-state index in [-0.39, 0.29) is 11.9 Å². The molecule has 0 saturated heterocycles. The van der Waals surface area contributed by atoms with Crippen LogP contribution in [0.25, 0.3) is 0 Å². The number of halogens is 1. The highest BCUT2D eigenvalue weighted by Gasteiger charge is 2.30. The van der Waals surface area contributed by atoms with Crippen LogP contribution < -0.4 is 5.32 Å². The highest BCUT2D eigenvalue weighted by molar-refractivity contribution is 5.18. The Hall–Kier alpha value is -0.960. The molecule has 3 unspecified atom stereocenters. The summed E-state index contributed by atoms with van der Waals surface area (Å²) in [5, 5.41) is 3.43. The first-order valence-electron chi connectivity index (χ1n) is 6.55. The number of nitrogens with zero attached hydrogens (tertiary/aromatic N) is 1. The largest absolute Gasteiger partial charge is 0.310 e. The number of pyridine rings is 1. The minimum absolute atomic E-state index is 0.146. The molecule has 1 N–H and O–H groups in total. The van der Waals surface area contributed by atoms with Crippen LogP contribution in [0.5, 0.6) is 0 Å². The highest BCUT2D eigenvalue weighted by Crippen LogP contribution is 2.39. The first-order valence-corrected chi connectivity index (χ1v) is 6.55. The second kappa shape index (κ2) is 5.58. The van der Waals surface area contributed by atoms with E-state index < -0.39 is 0 Å². The maximum absolute atomic E-state index is 13.8. The fraction of sp³-hybridized carbons (Fsp3) is 0.643. The van der Waals surface area contributed by atoms with Crippen molar-refractivity contribution in [2.75, 3.05) is 6.54 Å². The van der Waals surface area contributed by atoms with Crippen LogP contribution in [0.4, 0.5) is 4.39 Å². The third kappa shape index (κ3) is 2.83. The maximum Gasteiger partial charge on any atom is 0.146 e. The Morgan fingerprint density at radius 1 is 1.53 bits per heavy atom. The van der Waals surface area contributed by atoms with Crippen LogP contribution in [0.1, 0.15) is 44.7 Å². The van der Waals surface area contributed by atoms with Crippen molar-refractivity contribution >= 4 is 0 Å². The van der Waals surface area contributed by atoms with E-state index in [1.165, 1.54) is 25.5 Å². The molecule has 1 fully saturated rings. The summed E-state index contributed by atoms with van der Waals surface area (Å²) in [5.41, 5.74) is 0.779. The van der Waals surface area contributed by atoms with Gasteiger partial charge >= 0.3 is 0 Å². The zero-order valence-electron chi connectivity index (χ0n) is 10.6. The summed E-state index contributed by atoms with van der Waals surface area (Å²) in [4.78, 5) is 3.83. The Morgan fingerprint density at radius 2 is 2.35 bits per heavy atom. The molecule has 1 heterocycles. The van der Waals surface area contributed by atoms with Crippen molar-refractivity contribution in [1.82, 2.24) is 10.3 Å². The molecule has 0 amide bonds. The van der Waals surface area contributed by atoms with Gasteiger partial charge in [-0.3, -0.25) is 4.98 Å². The van der Waals surface area contributed by atoms with Crippen LogP contribution in [0.3, 0.4) is 0 Å². The first kappa shape index (κ1) is 12.5. The smallest absolute Gasteiger partial charge is 0.146 e. The average molecular weight is 236 g/mol. The average Bonchev–Trinajstić information content (AvgIpc) is 2.74. The summed E-state index contributed by atoms with van der Waals surface area (Å²) in [6.45, 7) is 5.23. The minimum Gasteiger partial charge on any atom is -0.310 e. The molecule has 17 heavy (non-hydrogen) atoms. The van der Waals surface area contributed by atoms with Gasteiger partial charge in [-0.2, -0.15) is 0 Å². The van der Waals surface area contributed by atoms with E-state index in [0.29, 0.717) is 5.92 Å². The van der Waals surface area contributed by atoms with Gasteiger partial charge in [0.2, 0.25) is 0 Å². The molecule has 2 nitrogen and oxygen atoms in total. The third-order valence-electron chi connectivity index (χ3n) is 3.77. The van der Waals surface area contributed by atoms with Crippen molar-refractivity contribution in [3.63, 3.8) is 0 Å². The van der Waals surface area contributed by atoms with Gasteiger partial charge in [-0.1, -0.05) is 20.3 Å². The number of rotatable bonds is 4. The van der Waals surface area contributed by atoms with Crippen molar-refractivity contribution in [2.45, 2.75) is 39.2 Å². The number of aromatic nitrogens is 1. The Balaban J connectivity index is 2.20. The van der Waals surface area contributed by atoms with Gasteiger partial charge < -0.3 is 5.32 Å². The standard InChI is InChI=1S/C14H21FN2/c1-3-17-14(11-5-4-10(2)8-11)12-6-7-16-9-13(12)15/h6-7,9-11,14,17H,3-5,8H2,1-2H3. The molecular formula is C14H21FN2. The molecular weight excluding hydrogens is 215 g/mol. The van der Waals surface area contributed by atoms with E-state index >= 15 is 0 Å². The van der Waals surface area contributed by atoms with Crippen molar-refractivity contribution in [1.29, 1.82) is 0 Å². The van der Waals surface area contributed by atoms with Crippen LogP contribution in [0.2, 0.25) is 0 Å². The lowest BCUT2D eigenvalue weighted by Crippen LogP contribution is -2.28. The summed E-state index contributed by atoms with van der Waals surface area (Å²) < 4.78 is 13.8. The van der Waals surface area contributed by atoms with Gasteiger partial charge in [0.1, 0.15) is 5.82 Å². The topological polar surface area (TPSA) is 24.9 Å². The summed E-state index contributed by atoms with van der Waals surface area (Å²) in [7, 11) is 0. The molecule has 1 aliphatic carbocycles. The lowest BCUT2D eigenvalue weighted by Gasteiger charge is -2.25. The lowest BCUT2D eigenvalue weighted by molar-refractivity contribution is 0.354. The van der Waals surface area contributed by atoms with Gasteiger partial charge in [0.05, 0.1) is 6.20 Å². The van der Waals surface area contributed by atoms with E-state index in [2.05, 4.69) is 24.1 Å².